The van der Waals surface area contributed by atoms with Gasteiger partial charge in [-0.25, -0.2) is 9.97 Å². The van der Waals surface area contributed by atoms with Crippen LogP contribution in [0.2, 0.25) is 0 Å². The Labute approximate surface area is 107 Å². The Morgan fingerprint density at radius 1 is 1.41 bits per heavy atom. The predicted octanol–water partition coefficient (Wildman–Crippen LogP) is 2.18. The van der Waals surface area contributed by atoms with Gasteiger partial charge in [-0.3, -0.25) is 0 Å². The van der Waals surface area contributed by atoms with Gasteiger partial charge < -0.3 is 11.1 Å². The van der Waals surface area contributed by atoms with Crippen LogP contribution in [0.4, 0.5) is 11.6 Å². The monoisotopic (exact) mass is 252 g/mol. The largest absolute Gasteiger partial charge is 0.384 e. The van der Waals surface area contributed by atoms with E-state index in [0.29, 0.717) is 5.82 Å². The number of nitrogen functional groups attached to an aromatic ring is 1. The van der Waals surface area contributed by atoms with Crippen LogP contribution in [-0.2, 0) is 6.42 Å². The van der Waals surface area contributed by atoms with Gasteiger partial charge in [0, 0.05) is 19.0 Å². The van der Waals surface area contributed by atoms with Gasteiger partial charge in [-0.05, 0) is 30.3 Å². The summed E-state index contributed by atoms with van der Waals surface area (Å²) in [7, 11) is 0. The average Bonchev–Trinajstić information content (AvgIpc) is 2.37. The highest BCUT2D eigenvalue weighted by Crippen LogP contribution is 2.23. The minimum atomic E-state index is 0.554. The Balaban J connectivity index is 1.91. The van der Waals surface area contributed by atoms with Gasteiger partial charge in [0.05, 0.1) is 0 Å². The zero-order valence-corrected chi connectivity index (χ0v) is 11.1. The summed E-state index contributed by atoms with van der Waals surface area (Å²) in [6.07, 6.45) is 3.43. The third-order valence-electron chi connectivity index (χ3n) is 3.02. The fraction of sp³-hybridized carbons (Fsp3) is 0.667. The molecule has 0 unspecified atom stereocenters. The summed E-state index contributed by atoms with van der Waals surface area (Å²) in [4.78, 5) is 8.60. The molecule has 1 fully saturated rings. The van der Waals surface area contributed by atoms with Crippen molar-refractivity contribution in [1.82, 2.24) is 9.97 Å². The van der Waals surface area contributed by atoms with Crippen molar-refractivity contribution >= 4 is 23.4 Å². The van der Waals surface area contributed by atoms with E-state index in [1.165, 1.54) is 24.3 Å². The summed E-state index contributed by atoms with van der Waals surface area (Å²) in [6, 6.07) is 1.82. The summed E-state index contributed by atoms with van der Waals surface area (Å²) in [6.45, 7) is 3.04. The molecule has 0 bridgehead atoms. The minimum Gasteiger partial charge on any atom is -0.384 e. The number of aryl methyl sites for hydroxylation is 1. The van der Waals surface area contributed by atoms with E-state index in [-0.39, 0.29) is 0 Å². The molecule has 0 atom stereocenters. The van der Waals surface area contributed by atoms with Gasteiger partial charge >= 0.3 is 0 Å². The SMILES string of the molecule is CCc1nc(N)cc(NCC2CCSCC2)n1. The van der Waals surface area contributed by atoms with Gasteiger partial charge in [-0.15, -0.1) is 0 Å². The molecule has 3 N–H and O–H groups in total. The van der Waals surface area contributed by atoms with E-state index in [1.807, 2.05) is 13.0 Å². The Bertz CT molecular complexity index is 364. The molecule has 4 nitrogen and oxygen atoms in total. The Morgan fingerprint density at radius 3 is 2.88 bits per heavy atom. The smallest absolute Gasteiger partial charge is 0.132 e. The van der Waals surface area contributed by atoms with E-state index in [9.17, 15) is 0 Å². The Kier molecular flexibility index (Phi) is 4.48. The van der Waals surface area contributed by atoms with E-state index in [1.54, 1.807) is 0 Å². The van der Waals surface area contributed by atoms with Crippen LogP contribution in [-0.4, -0.2) is 28.0 Å². The molecule has 5 heteroatoms. The number of nitrogens with two attached hydrogens (primary N) is 1. The second-order valence-electron chi connectivity index (χ2n) is 4.38. The minimum absolute atomic E-state index is 0.554. The van der Waals surface area contributed by atoms with Crippen LogP contribution < -0.4 is 11.1 Å². The molecule has 1 aromatic heterocycles. The average molecular weight is 252 g/mol. The van der Waals surface area contributed by atoms with Crippen molar-refractivity contribution in [3.63, 3.8) is 0 Å². The molecule has 17 heavy (non-hydrogen) atoms. The Morgan fingerprint density at radius 2 is 2.18 bits per heavy atom. The second-order valence-corrected chi connectivity index (χ2v) is 5.61. The first-order valence-electron chi connectivity index (χ1n) is 6.23. The predicted molar refractivity (Wildman–Crippen MR) is 74.4 cm³/mol. The van der Waals surface area contributed by atoms with Crippen LogP contribution in [0.1, 0.15) is 25.6 Å². The first-order valence-corrected chi connectivity index (χ1v) is 7.38. The molecule has 1 aliphatic rings. The summed E-state index contributed by atoms with van der Waals surface area (Å²) in [5.41, 5.74) is 5.75. The third kappa shape index (κ3) is 3.77. The van der Waals surface area contributed by atoms with Crippen molar-refractivity contribution in [2.24, 2.45) is 5.92 Å². The molecule has 94 valence electrons. The topological polar surface area (TPSA) is 63.8 Å². The van der Waals surface area contributed by atoms with Gasteiger partial charge in [-0.2, -0.15) is 11.8 Å². The second kappa shape index (κ2) is 6.10. The fourth-order valence-corrected chi connectivity index (χ4v) is 3.17. The van der Waals surface area contributed by atoms with E-state index < -0.39 is 0 Å². The zero-order valence-electron chi connectivity index (χ0n) is 10.3. The maximum Gasteiger partial charge on any atom is 0.132 e. The van der Waals surface area contributed by atoms with Crippen LogP contribution in [0, 0.1) is 5.92 Å². The lowest BCUT2D eigenvalue weighted by Gasteiger charge is -2.21. The van der Waals surface area contributed by atoms with E-state index >= 15 is 0 Å². The van der Waals surface area contributed by atoms with Crippen LogP contribution >= 0.6 is 11.8 Å². The van der Waals surface area contributed by atoms with Crippen molar-refractivity contribution in [1.29, 1.82) is 0 Å². The van der Waals surface area contributed by atoms with Crippen LogP contribution in [0.25, 0.3) is 0 Å². The van der Waals surface area contributed by atoms with Gasteiger partial charge in [0.15, 0.2) is 0 Å². The summed E-state index contributed by atoms with van der Waals surface area (Å²) in [5, 5.41) is 3.39. The number of nitrogens with zero attached hydrogens (tertiary/aromatic N) is 2. The van der Waals surface area contributed by atoms with Crippen LogP contribution in [0.5, 0.6) is 0 Å². The Hall–Kier alpha value is -0.970. The molecular weight excluding hydrogens is 232 g/mol. The van der Waals surface area contributed by atoms with Crippen molar-refractivity contribution in [3.8, 4) is 0 Å². The molecule has 0 saturated carbocycles. The molecule has 2 heterocycles. The van der Waals surface area contributed by atoms with Crippen LogP contribution in [0.15, 0.2) is 6.07 Å². The van der Waals surface area contributed by atoms with E-state index in [4.69, 9.17) is 5.73 Å². The number of rotatable bonds is 4. The summed E-state index contributed by atoms with van der Waals surface area (Å²) in [5.74, 6) is 5.59. The molecule has 0 aliphatic carbocycles. The number of thioether (sulfide) groups is 1. The van der Waals surface area contributed by atoms with Gasteiger partial charge in [0.25, 0.3) is 0 Å². The summed E-state index contributed by atoms with van der Waals surface area (Å²) < 4.78 is 0. The molecule has 0 spiro atoms. The van der Waals surface area contributed by atoms with E-state index in [0.717, 1.165) is 30.5 Å². The molecular formula is C12H20N4S. The highest BCUT2D eigenvalue weighted by Gasteiger charge is 2.13. The summed E-state index contributed by atoms with van der Waals surface area (Å²) >= 11 is 2.06. The van der Waals surface area contributed by atoms with Crippen molar-refractivity contribution in [2.45, 2.75) is 26.2 Å². The maximum atomic E-state index is 5.75. The standard InChI is InChI=1S/C12H20N4S/c1-2-11-15-10(13)7-12(16-11)14-8-9-3-5-17-6-4-9/h7,9H,2-6,8H2,1H3,(H3,13,14,15,16). The molecule has 1 aliphatic heterocycles. The quantitative estimate of drug-likeness (QED) is 0.860. The van der Waals surface area contributed by atoms with Crippen molar-refractivity contribution in [3.05, 3.63) is 11.9 Å². The molecule has 1 saturated heterocycles. The van der Waals surface area contributed by atoms with Crippen molar-refractivity contribution < 1.29 is 0 Å². The maximum absolute atomic E-state index is 5.75. The number of anilines is 2. The van der Waals surface area contributed by atoms with E-state index in [2.05, 4.69) is 27.0 Å². The van der Waals surface area contributed by atoms with Gasteiger partial charge in [0.2, 0.25) is 0 Å². The highest BCUT2D eigenvalue weighted by molar-refractivity contribution is 7.99. The lowest BCUT2D eigenvalue weighted by atomic mass is 10.0. The zero-order chi connectivity index (χ0) is 12.1. The lowest BCUT2D eigenvalue weighted by molar-refractivity contribution is 0.515. The third-order valence-corrected chi connectivity index (χ3v) is 4.07. The van der Waals surface area contributed by atoms with Gasteiger partial charge in [-0.1, -0.05) is 6.92 Å². The van der Waals surface area contributed by atoms with Gasteiger partial charge in [0.1, 0.15) is 17.5 Å². The molecule has 0 radical (unpaired) electrons. The van der Waals surface area contributed by atoms with Crippen LogP contribution in [0.3, 0.4) is 0 Å². The fourth-order valence-electron chi connectivity index (χ4n) is 1.97. The first-order chi connectivity index (χ1) is 8.28. The first kappa shape index (κ1) is 12.5. The number of aromatic nitrogens is 2. The lowest BCUT2D eigenvalue weighted by Crippen LogP contribution is -2.20. The molecule has 0 aromatic carbocycles. The number of nitrogens with one attached hydrogen (secondary N) is 1. The van der Waals surface area contributed by atoms with Crippen molar-refractivity contribution in [2.75, 3.05) is 29.1 Å². The normalized spacial score (nSPS) is 17.0. The molecule has 0 amide bonds. The highest BCUT2D eigenvalue weighted by atomic mass is 32.2. The molecule has 2 rings (SSSR count). The molecule has 1 aromatic rings. The number of hydrogen-bond donors (Lipinski definition) is 2. The number of hydrogen-bond acceptors (Lipinski definition) is 5.